The minimum absolute atomic E-state index is 0.119. The third-order valence-electron chi connectivity index (χ3n) is 9.02. The normalized spacial score (nSPS) is 24.7. The smallest absolute Gasteiger partial charge is 0.134 e. The van der Waals surface area contributed by atoms with E-state index in [0.29, 0.717) is 11.5 Å². The van der Waals surface area contributed by atoms with E-state index >= 15 is 8.78 Å². The quantitative estimate of drug-likeness (QED) is 0.281. The number of hydrogen-bond donors (Lipinski definition) is 0. The van der Waals surface area contributed by atoms with Crippen LogP contribution < -0.4 is 0 Å². The van der Waals surface area contributed by atoms with Crippen LogP contribution in [0.15, 0.2) is 36.4 Å². The standard InChI is InChI=1S/C33H46F2O/c1-3-6-24-13-17-28(18-14-24)30-21-31(34)33(32(35)22-30)29-19-15-26(16-20-29)8-5-4-7-25-9-11-27(12-10-25)23-36-2/h15-16,19-22,24-25,27-28H,3-14,17-18,23H2,1-2H3. The lowest BCUT2D eigenvalue weighted by atomic mass is 9.77. The molecule has 0 N–H and O–H groups in total. The third kappa shape index (κ3) is 7.40. The Morgan fingerprint density at radius 2 is 1.33 bits per heavy atom. The van der Waals surface area contributed by atoms with Crippen LogP contribution in [0.25, 0.3) is 11.1 Å². The van der Waals surface area contributed by atoms with Gasteiger partial charge in [0.1, 0.15) is 11.6 Å². The Kier molecular flexibility index (Phi) is 10.4. The zero-order chi connectivity index (χ0) is 25.3. The van der Waals surface area contributed by atoms with Crippen molar-refractivity contribution in [2.45, 2.75) is 103 Å². The number of rotatable bonds is 11. The lowest BCUT2D eigenvalue weighted by Crippen LogP contribution is -2.18. The van der Waals surface area contributed by atoms with E-state index in [0.717, 1.165) is 49.2 Å². The molecule has 2 saturated carbocycles. The van der Waals surface area contributed by atoms with Crippen molar-refractivity contribution in [2.75, 3.05) is 13.7 Å². The topological polar surface area (TPSA) is 9.23 Å². The van der Waals surface area contributed by atoms with Crippen molar-refractivity contribution < 1.29 is 13.5 Å². The largest absolute Gasteiger partial charge is 0.384 e. The van der Waals surface area contributed by atoms with Gasteiger partial charge in [0, 0.05) is 13.7 Å². The van der Waals surface area contributed by atoms with Crippen LogP contribution in [0.4, 0.5) is 8.78 Å². The van der Waals surface area contributed by atoms with Gasteiger partial charge in [-0.1, -0.05) is 69.7 Å². The summed E-state index contributed by atoms with van der Waals surface area (Å²) in [5.41, 5.74) is 2.85. The molecule has 0 radical (unpaired) electrons. The average Bonchev–Trinajstić information content (AvgIpc) is 2.89. The van der Waals surface area contributed by atoms with Crippen molar-refractivity contribution in [2.24, 2.45) is 17.8 Å². The van der Waals surface area contributed by atoms with Gasteiger partial charge in [0.2, 0.25) is 0 Å². The number of aryl methyl sites for hydroxylation is 1. The highest BCUT2D eigenvalue weighted by Crippen LogP contribution is 2.39. The van der Waals surface area contributed by atoms with E-state index in [-0.39, 0.29) is 5.56 Å². The van der Waals surface area contributed by atoms with Crippen LogP contribution >= 0.6 is 0 Å². The molecule has 0 saturated heterocycles. The Bertz CT molecular complexity index is 898. The van der Waals surface area contributed by atoms with Crippen LogP contribution in [0, 0.1) is 29.4 Å². The summed E-state index contributed by atoms with van der Waals surface area (Å²) in [6, 6.07) is 11.1. The number of ether oxygens (including phenoxy) is 1. The molecule has 0 heterocycles. The minimum Gasteiger partial charge on any atom is -0.384 e. The average molecular weight is 497 g/mol. The first-order valence-corrected chi connectivity index (χ1v) is 14.6. The first-order chi connectivity index (χ1) is 17.6. The highest BCUT2D eigenvalue weighted by atomic mass is 19.1. The van der Waals surface area contributed by atoms with E-state index < -0.39 is 11.6 Å². The minimum atomic E-state index is -0.423. The highest BCUT2D eigenvalue weighted by Gasteiger charge is 2.24. The fourth-order valence-corrected chi connectivity index (χ4v) is 6.82. The molecule has 0 bridgehead atoms. The van der Waals surface area contributed by atoms with Crippen molar-refractivity contribution in [3.63, 3.8) is 0 Å². The predicted octanol–water partition coefficient (Wildman–Crippen LogP) is 9.87. The lowest BCUT2D eigenvalue weighted by molar-refractivity contribution is 0.117. The molecule has 3 heteroatoms. The zero-order valence-electron chi connectivity index (χ0n) is 22.5. The molecule has 1 nitrogen and oxygen atoms in total. The fraction of sp³-hybridized carbons (Fsp3) is 0.636. The molecule has 2 aliphatic rings. The van der Waals surface area contributed by atoms with Gasteiger partial charge in [0.25, 0.3) is 0 Å². The fourth-order valence-electron chi connectivity index (χ4n) is 6.82. The summed E-state index contributed by atoms with van der Waals surface area (Å²) in [7, 11) is 1.81. The Labute approximate surface area is 218 Å². The van der Waals surface area contributed by atoms with E-state index in [2.05, 4.69) is 6.92 Å². The van der Waals surface area contributed by atoms with Gasteiger partial charge in [-0.3, -0.25) is 0 Å². The number of unbranched alkanes of at least 4 members (excludes halogenated alkanes) is 1. The van der Waals surface area contributed by atoms with Crippen molar-refractivity contribution >= 4 is 0 Å². The number of hydrogen-bond acceptors (Lipinski definition) is 1. The molecule has 0 atom stereocenters. The van der Waals surface area contributed by atoms with Gasteiger partial charge in [-0.25, -0.2) is 8.78 Å². The van der Waals surface area contributed by atoms with E-state index in [9.17, 15) is 0 Å². The van der Waals surface area contributed by atoms with Gasteiger partial charge in [0.15, 0.2) is 0 Å². The summed E-state index contributed by atoms with van der Waals surface area (Å²) in [5, 5.41) is 0. The molecule has 4 rings (SSSR count). The maximum absolute atomic E-state index is 15.1. The highest BCUT2D eigenvalue weighted by molar-refractivity contribution is 5.65. The molecule has 0 unspecified atom stereocenters. The van der Waals surface area contributed by atoms with Gasteiger partial charge in [0.05, 0.1) is 5.56 Å². The molecule has 0 aliphatic heterocycles. The summed E-state index contributed by atoms with van der Waals surface area (Å²) in [6.45, 7) is 3.15. The summed E-state index contributed by atoms with van der Waals surface area (Å²) in [5.74, 6) is 1.88. The molecule has 0 amide bonds. The first kappa shape index (κ1) is 27.3. The maximum atomic E-state index is 15.1. The van der Waals surface area contributed by atoms with E-state index in [1.807, 2.05) is 24.3 Å². The van der Waals surface area contributed by atoms with Crippen LogP contribution in [-0.4, -0.2) is 13.7 Å². The lowest BCUT2D eigenvalue weighted by Gasteiger charge is -2.29. The number of methoxy groups -OCH3 is 1. The summed E-state index contributed by atoms with van der Waals surface area (Å²) >= 11 is 0. The molecule has 2 fully saturated rings. The van der Waals surface area contributed by atoms with Crippen molar-refractivity contribution in [3.8, 4) is 11.1 Å². The second-order valence-electron chi connectivity index (χ2n) is 11.7. The second-order valence-corrected chi connectivity index (χ2v) is 11.7. The third-order valence-corrected chi connectivity index (χ3v) is 9.02. The molecule has 0 spiro atoms. The van der Waals surface area contributed by atoms with Crippen LogP contribution in [0.1, 0.15) is 107 Å². The molecule has 2 aliphatic carbocycles. The SMILES string of the molecule is CCCC1CCC(c2cc(F)c(-c3ccc(CCCCC4CCC(COC)CC4)cc3)c(F)c2)CC1. The van der Waals surface area contributed by atoms with Crippen LogP contribution in [0.2, 0.25) is 0 Å². The van der Waals surface area contributed by atoms with E-state index in [1.54, 1.807) is 19.2 Å². The van der Waals surface area contributed by atoms with Crippen LogP contribution in [0.5, 0.6) is 0 Å². The van der Waals surface area contributed by atoms with E-state index in [4.69, 9.17) is 4.74 Å². The zero-order valence-corrected chi connectivity index (χ0v) is 22.5. The van der Waals surface area contributed by atoms with Gasteiger partial charge in [-0.05, 0) is 104 Å². The van der Waals surface area contributed by atoms with Gasteiger partial charge < -0.3 is 4.74 Å². The number of halogens is 2. The molecular formula is C33H46F2O. The van der Waals surface area contributed by atoms with E-state index in [1.165, 1.54) is 76.2 Å². The van der Waals surface area contributed by atoms with Crippen LogP contribution in [0.3, 0.4) is 0 Å². The Hall–Kier alpha value is -1.74. The van der Waals surface area contributed by atoms with Crippen LogP contribution in [-0.2, 0) is 11.2 Å². The molecule has 2 aromatic rings. The van der Waals surface area contributed by atoms with Crippen molar-refractivity contribution in [1.29, 1.82) is 0 Å². The van der Waals surface area contributed by atoms with Gasteiger partial charge in [-0.15, -0.1) is 0 Å². The summed E-state index contributed by atoms with van der Waals surface area (Å²) in [4.78, 5) is 0. The maximum Gasteiger partial charge on any atom is 0.134 e. The molecule has 198 valence electrons. The monoisotopic (exact) mass is 496 g/mol. The van der Waals surface area contributed by atoms with Crippen molar-refractivity contribution in [1.82, 2.24) is 0 Å². The molecule has 36 heavy (non-hydrogen) atoms. The second kappa shape index (κ2) is 13.7. The molecule has 0 aromatic heterocycles. The Morgan fingerprint density at radius 3 is 1.94 bits per heavy atom. The van der Waals surface area contributed by atoms with Gasteiger partial charge >= 0.3 is 0 Å². The Balaban J connectivity index is 1.26. The summed E-state index contributed by atoms with van der Waals surface area (Å²) in [6.07, 6.45) is 17.1. The summed E-state index contributed by atoms with van der Waals surface area (Å²) < 4.78 is 35.5. The van der Waals surface area contributed by atoms with Crippen molar-refractivity contribution in [3.05, 3.63) is 59.2 Å². The molecule has 2 aromatic carbocycles. The first-order valence-electron chi connectivity index (χ1n) is 14.6. The predicted molar refractivity (Wildman–Crippen MR) is 146 cm³/mol. The number of benzene rings is 2. The molecular weight excluding hydrogens is 450 g/mol. The van der Waals surface area contributed by atoms with Gasteiger partial charge in [-0.2, -0.15) is 0 Å². The Morgan fingerprint density at radius 1 is 0.750 bits per heavy atom.